The molecule has 0 aromatic heterocycles. The van der Waals surface area contributed by atoms with Crippen molar-refractivity contribution >= 4 is 17.7 Å². The third-order valence-corrected chi connectivity index (χ3v) is 2.91. The second-order valence-electron chi connectivity index (χ2n) is 3.93. The molecule has 17 heavy (non-hydrogen) atoms. The molecule has 92 valence electrons. The lowest BCUT2D eigenvalue weighted by Gasteiger charge is -2.35. The van der Waals surface area contributed by atoms with E-state index in [0.29, 0.717) is 18.6 Å². The molecule has 0 atom stereocenters. The molecule has 0 bridgehead atoms. The predicted molar refractivity (Wildman–Crippen MR) is 60.0 cm³/mol. The number of halogens is 2. The average molecular weight is 260 g/mol. The maximum absolute atomic E-state index is 12.9. The normalized spacial score (nSPS) is 22.7. The van der Waals surface area contributed by atoms with E-state index in [9.17, 15) is 9.18 Å². The first-order valence-corrected chi connectivity index (χ1v) is 5.53. The Morgan fingerprint density at radius 1 is 1.53 bits per heavy atom. The minimum atomic E-state index is -1.03. The SMILES string of the molecule is O=C(O)N[C@H]1C[C@H](Oc2ccc(F)c(Cl)c2)C1. The third-order valence-electron chi connectivity index (χ3n) is 2.62. The summed E-state index contributed by atoms with van der Waals surface area (Å²) in [7, 11) is 0. The Bertz CT molecular complexity index is 435. The fraction of sp³-hybridized carbons (Fsp3) is 0.364. The number of carbonyl (C=O) groups is 1. The number of rotatable bonds is 3. The Hall–Kier alpha value is -1.49. The van der Waals surface area contributed by atoms with Crippen LogP contribution in [-0.2, 0) is 0 Å². The molecule has 1 aliphatic carbocycles. The molecule has 2 rings (SSSR count). The Balaban J connectivity index is 1.83. The molecule has 0 heterocycles. The van der Waals surface area contributed by atoms with Crippen LogP contribution in [0.25, 0.3) is 0 Å². The quantitative estimate of drug-likeness (QED) is 0.877. The Morgan fingerprint density at radius 3 is 2.82 bits per heavy atom. The number of hydrogen-bond donors (Lipinski definition) is 2. The standard InChI is InChI=1S/C11H11ClFNO3/c12-9-5-7(1-2-10(9)13)17-8-3-6(4-8)14-11(15)16/h1-2,5-6,8,14H,3-4H2,(H,15,16)/t6-,8-. The van der Waals surface area contributed by atoms with E-state index in [-0.39, 0.29) is 17.2 Å². The summed E-state index contributed by atoms with van der Waals surface area (Å²) >= 11 is 5.61. The zero-order chi connectivity index (χ0) is 12.4. The van der Waals surface area contributed by atoms with Crippen molar-refractivity contribution in [3.8, 4) is 5.75 Å². The van der Waals surface area contributed by atoms with Gasteiger partial charge in [-0.25, -0.2) is 9.18 Å². The maximum Gasteiger partial charge on any atom is 0.404 e. The highest BCUT2D eigenvalue weighted by molar-refractivity contribution is 6.30. The number of nitrogens with one attached hydrogen (secondary N) is 1. The molecule has 0 saturated heterocycles. The summed E-state index contributed by atoms with van der Waals surface area (Å²) in [5.41, 5.74) is 0. The van der Waals surface area contributed by atoms with E-state index < -0.39 is 11.9 Å². The fourth-order valence-electron chi connectivity index (χ4n) is 1.70. The summed E-state index contributed by atoms with van der Waals surface area (Å²) < 4.78 is 18.4. The van der Waals surface area contributed by atoms with Gasteiger partial charge in [0.1, 0.15) is 17.7 Å². The summed E-state index contributed by atoms with van der Waals surface area (Å²) in [6.45, 7) is 0. The zero-order valence-electron chi connectivity index (χ0n) is 8.82. The molecule has 0 aliphatic heterocycles. The van der Waals surface area contributed by atoms with Gasteiger partial charge in [0, 0.05) is 24.9 Å². The van der Waals surface area contributed by atoms with Gasteiger partial charge >= 0.3 is 6.09 Å². The Labute approximate surface area is 102 Å². The summed E-state index contributed by atoms with van der Waals surface area (Å²) in [5, 5.41) is 10.9. The van der Waals surface area contributed by atoms with Gasteiger partial charge in [0.05, 0.1) is 5.02 Å². The van der Waals surface area contributed by atoms with E-state index in [0.717, 1.165) is 0 Å². The van der Waals surface area contributed by atoms with Crippen LogP contribution in [0.1, 0.15) is 12.8 Å². The molecule has 1 fully saturated rings. The van der Waals surface area contributed by atoms with Crippen LogP contribution in [0.4, 0.5) is 9.18 Å². The van der Waals surface area contributed by atoms with E-state index in [1.54, 1.807) is 0 Å². The topological polar surface area (TPSA) is 58.6 Å². The van der Waals surface area contributed by atoms with Crippen molar-refractivity contribution < 1.29 is 19.0 Å². The monoisotopic (exact) mass is 259 g/mol. The highest BCUT2D eigenvalue weighted by Gasteiger charge is 2.32. The summed E-state index contributed by atoms with van der Waals surface area (Å²) in [6.07, 6.45) is 0.148. The lowest BCUT2D eigenvalue weighted by atomic mass is 9.89. The molecule has 1 aliphatic rings. The van der Waals surface area contributed by atoms with Gasteiger partial charge in [-0.05, 0) is 12.1 Å². The number of ether oxygens (including phenoxy) is 1. The Kier molecular flexibility index (Phi) is 3.38. The molecule has 1 amide bonds. The maximum atomic E-state index is 12.9. The summed E-state index contributed by atoms with van der Waals surface area (Å²) in [6, 6.07) is 4.09. The minimum absolute atomic E-state index is 0.0158. The summed E-state index contributed by atoms with van der Waals surface area (Å²) in [4.78, 5) is 10.3. The molecule has 1 aromatic rings. The van der Waals surface area contributed by atoms with Crippen LogP contribution in [0, 0.1) is 5.82 Å². The third kappa shape index (κ3) is 3.00. The fourth-order valence-corrected chi connectivity index (χ4v) is 1.87. The van der Waals surface area contributed by atoms with E-state index in [4.69, 9.17) is 21.4 Å². The van der Waals surface area contributed by atoms with Crippen molar-refractivity contribution in [1.29, 1.82) is 0 Å². The summed E-state index contributed by atoms with van der Waals surface area (Å²) in [5.74, 6) is 0.00761. The number of carboxylic acid groups (broad SMARTS) is 1. The molecule has 1 aromatic carbocycles. The van der Waals surface area contributed by atoms with Crippen LogP contribution in [-0.4, -0.2) is 23.3 Å². The highest BCUT2D eigenvalue weighted by atomic mass is 35.5. The molecule has 4 nitrogen and oxygen atoms in total. The first-order chi connectivity index (χ1) is 8.04. The van der Waals surface area contributed by atoms with Gasteiger partial charge in [-0.15, -0.1) is 0 Å². The number of hydrogen-bond acceptors (Lipinski definition) is 2. The van der Waals surface area contributed by atoms with Crippen LogP contribution in [0.3, 0.4) is 0 Å². The first-order valence-electron chi connectivity index (χ1n) is 5.16. The molecule has 1 saturated carbocycles. The molecule has 0 unspecified atom stereocenters. The first kappa shape index (κ1) is 12.0. The van der Waals surface area contributed by atoms with Crippen LogP contribution in [0.2, 0.25) is 5.02 Å². The second kappa shape index (κ2) is 4.79. The zero-order valence-corrected chi connectivity index (χ0v) is 9.58. The van der Waals surface area contributed by atoms with Crippen molar-refractivity contribution in [3.63, 3.8) is 0 Å². The largest absolute Gasteiger partial charge is 0.490 e. The van der Waals surface area contributed by atoms with Gasteiger partial charge in [-0.3, -0.25) is 0 Å². The Morgan fingerprint density at radius 2 is 2.24 bits per heavy atom. The van der Waals surface area contributed by atoms with Gasteiger partial charge in [0.15, 0.2) is 0 Å². The van der Waals surface area contributed by atoms with Gasteiger partial charge in [0.2, 0.25) is 0 Å². The van der Waals surface area contributed by atoms with Crippen LogP contribution in [0.15, 0.2) is 18.2 Å². The molecular weight excluding hydrogens is 249 g/mol. The molecule has 0 spiro atoms. The predicted octanol–water partition coefficient (Wildman–Crippen LogP) is 2.66. The molecule has 2 N–H and O–H groups in total. The average Bonchev–Trinajstić information content (AvgIpc) is 2.19. The van der Waals surface area contributed by atoms with E-state index in [1.165, 1.54) is 18.2 Å². The second-order valence-corrected chi connectivity index (χ2v) is 4.34. The highest BCUT2D eigenvalue weighted by Crippen LogP contribution is 2.28. The van der Waals surface area contributed by atoms with Crippen molar-refractivity contribution in [1.82, 2.24) is 5.32 Å². The molecule has 0 radical (unpaired) electrons. The number of amides is 1. The van der Waals surface area contributed by atoms with Crippen LogP contribution < -0.4 is 10.1 Å². The van der Waals surface area contributed by atoms with Gasteiger partial charge in [-0.2, -0.15) is 0 Å². The lowest BCUT2D eigenvalue weighted by Crippen LogP contribution is -2.48. The van der Waals surface area contributed by atoms with Crippen molar-refractivity contribution in [2.24, 2.45) is 0 Å². The lowest BCUT2D eigenvalue weighted by molar-refractivity contribution is 0.0833. The molecular formula is C11H11ClFNO3. The van der Waals surface area contributed by atoms with E-state index >= 15 is 0 Å². The van der Waals surface area contributed by atoms with E-state index in [1.807, 2.05) is 0 Å². The van der Waals surface area contributed by atoms with E-state index in [2.05, 4.69) is 5.32 Å². The van der Waals surface area contributed by atoms with Crippen molar-refractivity contribution in [2.75, 3.05) is 0 Å². The van der Waals surface area contributed by atoms with Gasteiger partial charge in [0.25, 0.3) is 0 Å². The van der Waals surface area contributed by atoms with Crippen LogP contribution >= 0.6 is 11.6 Å². The van der Waals surface area contributed by atoms with Crippen LogP contribution in [0.5, 0.6) is 5.75 Å². The van der Waals surface area contributed by atoms with Crippen molar-refractivity contribution in [3.05, 3.63) is 29.0 Å². The number of benzene rings is 1. The van der Waals surface area contributed by atoms with Gasteiger partial charge < -0.3 is 15.2 Å². The smallest absolute Gasteiger partial charge is 0.404 e. The molecule has 6 heteroatoms. The minimum Gasteiger partial charge on any atom is -0.490 e. The van der Waals surface area contributed by atoms with Crippen molar-refractivity contribution in [2.45, 2.75) is 25.0 Å². The van der Waals surface area contributed by atoms with Gasteiger partial charge in [-0.1, -0.05) is 11.6 Å².